The number of ketones is 1. The molecule has 0 radical (unpaired) electrons. The van der Waals surface area contributed by atoms with Crippen LogP contribution >= 0.6 is 15.9 Å². The van der Waals surface area contributed by atoms with Gasteiger partial charge in [-0.3, -0.25) is 9.59 Å². The average Bonchev–Trinajstić information content (AvgIpc) is 2.33. The van der Waals surface area contributed by atoms with E-state index in [9.17, 15) is 14.0 Å². The van der Waals surface area contributed by atoms with Crippen LogP contribution in [0, 0.1) is 5.82 Å². The largest absolute Gasteiger partial charge is 0.338 e. The zero-order valence-corrected chi connectivity index (χ0v) is 10.7. The van der Waals surface area contributed by atoms with Crippen LogP contribution in [0.1, 0.15) is 23.2 Å². The summed E-state index contributed by atoms with van der Waals surface area (Å²) in [5.41, 5.74) is 0.305. The number of likely N-dealkylation sites (tertiary alicyclic amines) is 1. The second-order valence-corrected chi connectivity index (χ2v) is 4.73. The van der Waals surface area contributed by atoms with Crippen molar-refractivity contribution < 1.29 is 14.0 Å². The standard InChI is InChI=1S/C12H11BrFNO2/c13-11-9(2-1-3-10(11)14)12(17)15-6-4-8(16)5-7-15/h1-3H,4-7H2. The highest BCUT2D eigenvalue weighted by Crippen LogP contribution is 2.22. The minimum Gasteiger partial charge on any atom is -0.338 e. The maximum absolute atomic E-state index is 13.3. The molecule has 0 atom stereocenters. The molecule has 1 aromatic carbocycles. The monoisotopic (exact) mass is 299 g/mol. The predicted molar refractivity (Wildman–Crippen MR) is 64.2 cm³/mol. The Labute approximate surface area is 107 Å². The first kappa shape index (κ1) is 12.2. The molecule has 0 aliphatic carbocycles. The SMILES string of the molecule is O=C1CCN(C(=O)c2cccc(F)c2Br)CC1. The fraction of sp³-hybridized carbons (Fsp3) is 0.333. The number of rotatable bonds is 1. The van der Waals surface area contributed by atoms with Crippen LogP contribution in [0.25, 0.3) is 0 Å². The van der Waals surface area contributed by atoms with Gasteiger partial charge in [0.2, 0.25) is 0 Å². The molecule has 0 unspecified atom stereocenters. The van der Waals surface area contributed by atoms with Gasteiger partial charge < -0.3 is 4.90 Å². The third-order valence-electron chi connectivity index (χ3n) is 2.79. The number of carbonyl (C=O) groups is 2. The number of benzene rings is 1. The van der Waals surface area contributed by atoms with E-state index in [1.54, 1.807) is 11.0 Å². The van der Waals surface area contributed by atoms with E-state index in [1.165, 1.54) is 12.1 Å². The summed E-state index contributed by atoms with van der Waals surface area (Å²) in [4.78, 5) is 24.8. The molecule has 0 saturated carbocycles. The Kier molecular flexibility index (Phi) is 3.57. The topological polar surface area (TPSA) is 37.4 Å². The molecule has 5 heteroatoms. The van der Waals surface area contributed by atoms with E-state index in [0.29, 0.717) is 31.5 Å². The Bertz CT molecular complexity index is 466. The van der Waals surface area contributed by atoms with Crippen LogP contribution in [0.3, 0.4) is 0 Å². The van der Waals surface area contributed by atoms with Crippen molar-refractivity contribution in [1.82, 2.24) is 4.90 Å². The minimum atomic E-state index is -0.455. The van der Waals surface area contributed by atoms with Crippen molar-refractivity contribution in [2.75, 3.05) is 13.1 Å². The van der Waals surface area contributed by atoms with E-state index in [1.807, 2.05) is 0 Å². The van der Waals surface area contributed by atoms with Crippen molar-refractivity contribution in [1.29, 1.82) is 0 Å². The summed E-state index contributed by atoms with van der Waals surface area (Å²) in [5.74, 6) is -0.514. The molecule has 1 aliphatic heterocycles. The number of hydrogen-bond donors (Lipinski definition) is 0. The maximum Gasteiger partial charge on any atom is 0.255 e. The smallest absolute Gasteiger partial charge is 0.255 e. The van der Waals surface area contributed by atoms with Crippen molar-refractivity contribution in [3.05, 3.63) is 34.1 Å². The zero-order valence-electron chi connectivity index (χ0n) is 9.08. The Balaban J connectivity index is 2.20. The number of nitrogens with zero attached hydrogens (tertiary/aromatic N) is 1. The predicted octanol–water partition coefficient (Wildman–Crippen LogP) is 2.39. The molecule has 1 heterocycles. The lowest BCUT2D eigenvalue weighted by molar-refractivity contribution is -0.120. The van der Waals surface area contributed by atoms with Gasteiger partial charge in [-0.25, -0.2) is 4.39 Å². The number of Topliss-reactive ketones (excluding diaryl/α,β-unsaturated/α-hetero) is 1. The van der Waals surface area contributed by atoms with Gasteiger partial charge in [-0.05, 0) is 28.1 Å². The lowest BCUT2D eigenvalue weighted by Gasteiger charge is -2.26. The molecule has 0 aromatic heterocycles. The quantitative estimate of drug-likeness (QED) is 0.798. The van der Waals surface area contributed by atoms with Crippen molar-refractivity contribution in [3.8, 4) is 0 Å². The lowest BCUT2D eigenvalue weighted by atomic mass is 10.1. The van der Waals surface area contributed by atoms with Gasteiger partial charge in [0.15, 0.2) is 0 Å². The van der Waals surface area contributed by atoms with E-state index in [4.69, 9.17) is 0 Å². The van der Waals surface area contributed by atoms with Crippen LogP contribution in [0.5, 0.6) is 0 Å². The number of halogens is 2. The van der Waals surface area contributed by atoms with Gasteiger partial charge in [-0.15, -0.1) is 0 Å². The molecule has 0 N–H and O–H groups in total. The highest BCUT2D eigenvalue weighted by atomic mass is 79.9. The molecule has 1 fully saturated rings. The molecule has 1 amide bonds. The summed E-state index contributed by atoms with van der Waals surface area (Å²) in [7, 11) is 0. The number of amides is 1. The summed E-state index contributed by atoms with van der Waals surface area (Å²) >= 11 is 3.07. The Morgan fingerprint density at radius 3 is 2.59 bits per heavy atom. The van der Waals surface area contributed by atoms with Gasteiger partial charge in [0.1, 0.15) is 11.6 Å². The van der Waals surface area contributed by atoms with Gasteiger partial charge in [0.25, 0.3) is 5.91 Å². The summed E-state index contributed by atoms with van der Waals surface area (Å²) in [5, 5.41) is 0. The summed E-state index contributed by atoms with van der Waals surface area (Å²) < 4.78 is 13.5. The molecule has 0 bridgehead atoms. The van der Waals surface area contributed by atoms with E-state index >= 15 is 0 Å². The van der Waals surface area contributed by atoms with Crippen molar-refractivity contribution in [2.24, 2.45) is 0 Å². The second kappa shape index (κ2) is 4.96. The Hall–Kier alpha value is -1.23. The van der Waals surface area contributed by atoms with Gasteiger partial charge in [0, 0.05) is 25.9 Å². The number of piperidine rings is 1. The van der Waals surface area contributed by atoms with Gasteiger partial charge in [0.05, 0.1) is 10.0 Å². The highest BCUT2D eigenvalue weighted by molar-refractivity contribution is 9.10. The molecule has 1 aliphatic rings. The third-order valence-corrected chi connectivity index (χ3v) is 3.60. The lowest BCUT2D eigenvalue weighted by Crippen LogP contribution is -2.38. The second-order valence-electron chi connectivity index (χ2n) is 3.93. The highest BCUT2D eigenvalue weighted by Gasteiger charge is 2.23. The van der Waals surface area contributed by atoms with Gasteiger partial charge in [-0.2, -0.15) is 0 Å². The fourth-order valence-corrected chi connectivity index (χ4v) is 2.23. The molecule has 17 heavy (non-hydrogen) atoms. The molecular formula is C12H11BrFNO2. The Morgan fingerprint density at radius 1 is 1.29 bits per heavy atom. The normalized spacial score (nSPS) is 16.1. The fourth-order valence-electron chi connectivity index (χ4n) is 1.80. The molecule has 1 aromatic rings. The van der Waals surface area contributed by atoms with Crippen molar-refractivity contribution >= 4 is 27.6 Å². The first-order chi connectivity index (χ1) is 8.09. The van der Waals surface area contributed by atoms with Crippen molar-refractivity contribution in [2.45, 2.75) is 12.8 Å². The maximum atomic E-state index is 13.3. The average molecular weight is 300 g/mol. The van der Waals surface area contributed by atoms with E-state index in [0.717, 1.165) is 0 Å². The van der Waals surface area contributed by atoms with Crippen LogP contribution in [0.2, 0.25) is 0 Å². The van der Waals surface area contributed by atoms with Crippen LogP contribution in [-0.4, -0.2) is 29.7 Å². The molecule has 0 spiro atoms. The minimum absolute atomic E-state index is 0.173. The molecule has 2 rings (SSSR count). The van der Waals surface area contributed by atoms with Crippen LogP contribution in [0.15, 0.2) is 22.7 Å². The van der Waals surface area contributed by atoms with E-state index in [-0.39, 0.29) is 16.2 Å². The summed E-state index contributed by atoms with van der Waals surface area (Å²) in [6, 6.07) is 4.37. The molecular weight excluding hydrogens is 289 g/mol. The number of carbonyl (C=O) groups excluding carboxylic acids is 2. The van der Waals surface area contributed by atoms with Crippen LogP contribution in [-0.2, 0) is 4.79 Å². The first-order valence-corrected chi connectivity index (χ1v) is 6.14. The van der Waals surface area contributed by atoms with Gasteiger partial charge >= 0.3 is 0 Å². The molecule has 1 saturated heterocycles. The Morgan fingerprint density at radius 2 is 1.94 bits per heavy atom. The third kappa shape index (κ3) is 2.54. The van der Waals surface area contributed by atoms with E-state index in [2.05, 4.69) is 15.9 Å². The van der Waals surface area contributed by atoms with E-state index < -0.39 is 5.82 Å². The first-order valence-electron chi connectivity index (χ1n) is 5.34. The summed E-state index contributed by atoms with van der Waals surface area (Å²) in [6.07, 6.45) is 0.775. The molecule has 3 nitrogen and oxygen atoms in total. The van der Waals surface area contributed by atoms with Crippen LogP contribution < -0.4 is 0 Å². The van der Waals surface area contributed by atoms with Crippen molar-refractivity contribution in [3.63, 3.8) is 0 Å². The van der Waals surface area contributed by atoms with Gasteiger partial charge in [-0.1, -0.05) is 6.07 Å². The zero-order chi connectivity index (χ0) is 12.4. The number of hydrogen-bond acceptors (Lipinski definition) is 2. The molecule has 90 valence electrons. The summed E-state index contributed by atoms with van der Waals surface area (Å²) in [6.45, 7) is 0.835. The van der Waals surface area contributed by atoms with Crippen LogP contribution in [0.4, 0.5) is 4.39 Å².